The van der Waals surface area contributed by atoms with Gasteiger partial charge in [0.2, 0.25) is 0 Å². The zero-order valence-electron chi connectivity index (χ0n) is 10.4. The topological polar surface area (TPSA) is 12.9 Å². The molecule has 86 valence electrons. The second-order valence-electron chi connectivity index (χ2n) is 4.97. The summed E-state index contributed by atoms with van der Waals surface area (Å²) in [5.41, 5.74) is 6.97. The normalized spacial score (nSPS) is 18.1. The van der Waals surface area contributed by atoms with Crippen LogP contribution in [-0.4, -0.2) is 4.98 Å². The summed E-state index contributed by atoms with van der Waals surface area (Å²) in [4.78, 5) is 4.58. The number of aromatic nitrogens is 1. The van der Waals surface area contributed by atoms with E-state index < -0.39 is 0 Å². The second kappa shape index (κ2) is 3.99. The van der Waals surface area contributed by atoms with Gasteiger partial charge in [-0.2, -0.15) is 0 Å². The Morgan fingerprint density at radius 2 is 1.94 bits per heavy atom. The van der Waals surface area contributed by atoms with Gasteiger partial charge in [-0.25, -0.2) is 0 Å². The van der Waals surface area contributed by atoms with Gasteiger partial charge < -0.3 is 0 Å². The SMILES string of the molecule is Cc1ccc2c(c1)CCc1cccnc1[C@@H]2C. The van der Waals surface area contributed by atoms with Crippen molar-refractivity contribution in [1.29, 1.82) is 0 Å². The minimum absolute atomic E-state index is 0.421. The number of benzene rings is 1. The van der Waals surface area contributed by atoms with E-state index in [1.165, 1.54) is 27.9 Å². The van der Waals surface area contributed by atoms with Gasteiger partial charge in [0.25, 0.3) is 0 Å². The summed E-state index contributed by atoms with van der Waals surface area (Å²) in [5.74, 6) is 0.421. The van der Waals surface area contributed by atoms with Crippen LogP contribution in [0.15, 0.2) is 36.5 Å². The third kappa shape index (κ3) is 1.76. The summed E-state index contributed by atoms with van der Waals surface area (Å²) in [5, 5.41) is 0. The largest absolute Gasteiger partial charge is 0.260 e. The van der Waals surface area contributed by atoms with Crippen LogP contribution in [0.1, 0.15) is 40.8 Å². The van der Waals surface area contributed by atoms with Crippen molar-refractivity contribution in [2.45, 2.75) is 32.6 Å². The van der Waals surface area contributed by atoms with Gasteiger partial charge >= 0.3 is 0 Å². The number of aryl methyl sites for hydroxylation is 3. The van der Waals surface area contributed by atoms with Gasteiger partial charge in [-0.3, -0.25) is 4.98 Å². The zero-order chi connectivity index (χ0) is 11.8. The number of nitrogens with zero attached hydrogens (tertiary/aromatic N) is 1. The molecular formula is C16H17N. The Hall–Kier alpha value is -1.63. The maximum absolute atomic E-state index is 4.58. The van der Waals surface area contributed by atoms with E-state index in [-0.39, 0.29) is 0 Å². The molecule has 0 radical (unpaired) electrons. The lowest BCUT2D eigenvalue weighted by Crippen LogP contribution is -2.01. The van der Waals surface area contributed by atoms with Crippen LogP contribution in [0.4, 0.5) is 0 Å². The Balaban J connectivity index is 2.16. The number of fused-ring (bicyclic) bond motifs is 2. The summed E-state index contributed by atoms with van der Waals surface area (Å²) < 4.78 is 0. The average Bonchev–Trinajstić information content (AvgIpc) is 2.48. The molecule has 2 aromatic rings. The minimum atomic E-state index is 0.421. The van der Waals surface area contributed by atoms with Crippen molar-refractivity contribution >= 4 is 0 Å². The second-order valence-corrected chi connectivity index (χ2v) is 4.97. The van der Waals surface area contributed by atoms with Crippen molar-refractivity contribution in [3.63, 3.8) is 0 Å². The first-order valence-corrected chi connectivity index (χ1v) is 6.29. The Bertz CT molecular complexity index is 557. The Labute approximate surface area is 103 Å². The van der Waals surface area contributed by atoms with E-state index >= 15 is 0 Å². The molecule has 1 heteroatoms. The lowest BCUT2D eigenvalue weighted by molar-refractivity contribution is 0.859. The van der Waals surface area contributed by atoms with E-state index in [4.69, 9.17) is 0 Å². The van der Waals surface area contributed by atoms with E-state index in [1.54, 1.807) is 0 Å². The highest BCUT2D eigenvalue weighted by atomic mass is 14.7. The molecule has 0 bridgehead atoms. The maximum atomic E-state index is 4.58. The Morgan fingerprint density at radius 3 is 2.82 bits per heavy atom. The molecule has 0 aliphatic heterocycles. The highest BCUT2D eigenvalue weighted by molar-refractivity contribution is 5.42. The highest BCUT2D eigenvalue weighted by Crippen LogP contribution is 2.32. The van der Waals surface area contributed by atoms with Crippen molar-refractivity contribution in [1.82, 2.24) is 4.98 Å². The van der Waals surface area contributed by atoms with E-state index in [9.17, 15) is 0 Å². The van der Waals surface area contributed by atoms with Crippen molar-refractivity contribution in [2.24, 2.45) is 0 Å². The van der Waals surface area contributed by atoms with Crippen LogP contribution in [0, 0.1) is 6.92 Å². The summed E-state index contributed by atoms with van der Waals surface area (Å²) in [7, 11) is 0. The Kier molecular flexibility index (Phi) is 2.47. The molecule has 0 saturated carbocycles. The van der Waals surface area contributed by atoms with Crippen LogP contribution in [0.2, 0.25) is 0 Å². The molecule has 0 unspecified atom stereocenters. The first-order valence-electron chi connectivity index (χ1n) is 6.29. The predicted octanol–water partition coefficient (Wildman–Crippen LogP) is 3.64. The molecule has 0 amide bonds. The number of rotatable bonds is 0. The molecule has 1 aromatic heterocycles. The van der Waals surface area contributed by atoms with Gasteiger partial charge in [0.1, 0.15) is 0 Å². The average molecular weight is 223 g/mol. The third-order valence-corrected chi connectivity index (χ3v) is 3.76. The molecule has 0 saturated heterocycles. The van der Waals surface area contributed by atoms with Crippen LogP contribution >= 0.6 is 0 Å². The number of hydrogen-bond acceptors (Lipinski definition) is 1. The van der Waals surface area contributed by atoms with E-state index in [0.29, 0.717) is 5.92 Å². The molecule has 1 heterocycles. The van der Waals surface area contributed by atoms with Crippen LogP contribution in [-0.2, 0) is 12.8 Å². The summed E-state index contributed by atoms with van der Waals surface area (Å²) >= 11 is 0. The fourth-order valence-corrected chi connectivity index (χ4v) is 2.84. The van der Waals surface area contributed by atoms with E-state index in [0.717, 1.165) is 12.8 Å². The van der Waals surface area contributed by atoms with Gasteiger partial charge in [-0.05, 0) is 42.5 Å². The molecule has 0 fully saturated rings. The summed E-state index contributed by atoms with van der Waals surface area (Å²) in [6.45, 7) is 4.44. The predicted molar refractivity (Wildman–Crippen MR) is 70.3 cm³/mol. The summed E-state index contributed by atoms with van der Waals surface area (Å²) in [6, 6.07) is 11.1. The van der Waals surface area contributed by atoms with Crippen LogP contribution in [0.5, 0.6) is 0 Å². The number of pyridine rings is 1. The molecule has 1 aromatic carbocycles. The Morgan fingerprint density at radius 1 is 1.12 bits per heavy atom. The molecule has 1 nitrogen and oxygen atoms in total. The van der Waals surface area contributed by atoms with Crippen molar-refractivity contribution in [3.05, 3.63) is 64.5 Å². The first kappa shape index (κ1) is 10.5. The molecule has 1 atom stereocenters. The maximum Gasteiger partial charge on any atom is 0.0507 e. The fraction of sp³-hybridized carbons (Fsp3) is 0.312. The molecule has 1 aliphatic carbocycles. The molecule has 0 N–H and O–H groups in total. The van der Waals surface area contributed by atoms with Gasteiger partial charge in [0.15, 0.2) is 0 Å². The van der Waals surface area contributed by atoms with E-state index in [2.05, 4.69) is 43.1 Å². The van der Waals surface area contributed by atoms with Crippen LogP contribution in [0.3, 0.4) is 0 Å². The molecule has 3 rings (SSSR count). The van der Waals surface area contributed by atoms with Crippen molar-refractivity contribution in [3.8, 4) is 0 Å². The van der Waals surface area contributed by atoms with Gasteiger partial charge in [0, 0.05) is 12.1 Å². The van der Waals surface area contributed by atoms with Crippen molar-refractivity contribution < 1.29 is 0 Å². The van der Waals surface area contributed by atoms with Gasteiger partial charge in [-0.15, -0.1) is 0 Å². The third-order valence-electron chi connectivity index (χ3n) is 3.76. The first-order chi connectivity index (χ1) is 8.25. The zero-order valence-corrected chi connectivity index (χ0v) is 10.4. The van der Waals surface area contributed by atoms with Gasteiger partial charge in [-0.1, -0.05) is 36.8 Å². The molecular weight excluding hydrogens is 206 g/mol. The number of hydrogen-bond donors (Lipinski definition) is 0. The van der Waals surface area contributed by atoms with E-state index in [1.807, 2.05) is 12.3 Å². The molecule has 0 spiro atoms. The monoisotopic (exact) mass is 223 g/mol. The smallest absolute Gasteiger partial charge is 0.0507 e. The standard InChI is InChI=1S/C16H17N/c1-11-5-8-15-12(2)16-13(4-3-9-17-16)6-7-14(15)10-11/h3-5,8-10,12H,6-7H2,1-2H3/t12-/m1/s1. The highest BCUT2D eigenvalue weighted by Gasteiger charge is 2.20. The lowest BCUT2D eigenvalue weighted by atomic mass is 9.92. The molecule has 17 heavy (non-hydrogen) atoms. The quantitative estimate of drug-likeness (QED) is 0.664. The van der Waals surface area contributed by atoms with Crippen LogP contribution < -0.4 is 0 Å². The van der Waals surface area contributed by atoms with Crippen LogP contribution in [0.25, 0.3) is 0 Å². The lowest BCUT2D eigenvalue weighted by Gasteiger charge is -2.14. The summed E-state index contributed by atoms with van der Waals surface area (Å²) in [6.07, 6.45) is 4.17. The van der Waals surface area contributed by atoms with Gasteiger partial charge in [0.05, 0.1) is 5.69 Å². The fourth-order valence-electron chi connectivity index (χ4n) is 2.84. The van der Waals surface area contributed by atoms with Crippen molar-refractivity contribution in [2.75, 3.05) is 0 Å². The minimum Gasteiger partial charge on any atom is -0.260 e. The molecule has 1 aliphatic rings.